The Bertz CT molecular complexity index is 678. The van der Waals surface area contributed by atoms with Crippen LogP contribution < -0.4 is 0 Å². The fraction of sp³-hybridized carbons (Fsp3) is 0.0625. The van der Waals surface area contributed by atoms with Crippen LogP contribution in [0, 0.1) is 0 Å². The number of aliphatic hydroxyl groups is 1. The quantitative estimate of drug-likeness (QED) is 0.644. The molecule has 21 heavy (non-hydrogen) atoms. The van der Waals surface area contributed by atoms with E-state index in [4.69, 9.17) is 0 Å². The van der Waals surface area contributed by atoms with Crippen molar-refractivity contribution >= 4 is 43.4 Å². The molecule has 0 spiro atoms. The first-order valence-electron chi connectivity index (χ1n) is 6.26. The van der Waals surface area contributed by atoms with Gasteiger partial charge in [0.05, 0.1) is 4.88 Å². The lowest BCUT2D eigenvalue weighted by atomic mass is 9.85. The monoisotopic (exact) mass is 423 g/mol. The summed E-state index contributed by atoms with van der Waals surface area (Å²) in [4.78, 5) is 0.798. The molecule has 1 aromatic heterocycles. The van der Waals surface area contributed by atoms with Crippen LogP contribution in [-0.4, -0.2) is 9.48 Å². The standard InChI is InChI=1S/C16H11Br2NOS/c17-13-5-1-11(2-6-13)16(20,15-9-10-19-21-15)12-3-7-14(18)8-4-12/h1-10,20H. The van der Waals surface area contributed by atoms with Crippen LogP contribution in [0.3, 0.4) is 0 Å². The van der Waals surface area contributed by atoms with Gasteiger partial charge >= 0.3 is 0 Å². The second-order valence-corrected chi connectivity index (χ2v) is 7.27. The molecule has 2 aromatic carbocycles. The van der Waals surface area contributed by atoms with Crippen LogP contribution >= 0.6 is 43.4 Å². The molecule has 5 heteroatoms. The third-order valence-electron chi connectivity index (χ3n) is 3.32. The molecular weight excluding hydrogens is 414 g/mol. The molecule has 0 amide bonds. The van der Waals surface area contributed by atoms with Gasteiger partial charge in [-0.2, -0.15) is 0 Å². The van der Waals surface area contributed by atoms with Crippen molar-refractivity contribution < 1.29 is 5.11 Å². The van der Waals surface area contributed by atoms with E-state index in [1.807, 2.05) is 54.6 Å². The summed E-state index contributed by atoms with van der Waals surface area (Å²) in [6, 6.07) is 17.3. The maximum Gasteiger partial charge on any atom is 0.151 e. The SMILES string of the molecule is OC(c1ccc(Br)cc1)(c1ccc(Br)cc1)c1ccns1. The Kier molecular flexibility index (Phi) is 4.26. The lowest BCUT2D eigenvalue weighted by Crippen LogP contribution is -2.27. The molecule has 3 rings (SSSR count). The van der Waals surface area contributed by atoms with Crippen molar-refractivity contribution in [1.29, 1.82) is 0 Å². The fourth-order valence-corrected chi connectivity index (χ4v) is 3.49. The Morgan fingerprint density at radius 2 is 1.29 bits per heavy atom. The van der Waals surface area contributed by atoms with E-state index < -0.39 is 5.60 Å². The molecule has 2 nitrogen and oxygen atoms in total. The number of hydrogen-bond acceptors (Lipinski definition) is 3. The zero-order valence-corrected chi connectivity index (χ0v) is 14.8. The minimum Gasteiger partial charge on any atom is -0.375 e. The molecule has 0 aliphatic carbocycles. The average Bonchev–Trinajstić information content (AvgIpc) is 3.02. The van der Waals surface area contributed by atoms with Gasteiger partial charge in [-0.05, 0) is 53.0 Å². The maximum absolute atomic E-state index is 11.4. The minimum atomic E-state index is -1.19. The van der Waals surface area contributed by atoms with Crippen LogP contribution in [-0.2, 0) is 5.60 Å². The Morgan fingerprint density at radius 1 is 0.810 bits per heavy atom. The fourth-order valence-electron chi connectivity index (χ4n) is 2.24. The highest BCUT2D eigenvalue weighted by Gasteiger charge is 2.35. The number of rotatable bonds is 3. The van der Waals surface area contributed by atoms with E-state index in [0.29, 0.717) is 0 Å². The topological polar surface area (TPSA) is 33.1 Å². The number of hydrogen-bond donors (Lipinski definition) is 1. The molecular formula is C16H11Br2NOS. The van der Waals surface area contributed by atoms with E-state index >= 15 is 0 Å². The predicted molar refractivity (Wildman–Crippen MR) is 92.5 cm³/mol. The average molecular weight is 425 g/mol. The van der Waals surface area contributed by atoms with Crippen LogP contribution in [0.25, 0.3) is 0 Å². The van der Waals surface area contributed by atoms with Gasteiger partial charge in [0.25, 0.3) is 0 Å². The van der Waals surface area contributed by atoms with Crippen LogP contribution in [0.15, 0.2) is 69.7 Å². The first kappa shape index (κ1) is 14.9. The minimum absolute atomic E-state index is 0.798. The Hall–Kier alpha value is -1.01. The third-order valence-corrected chi connectivity index (χ3v) is 5.23. The van der Waals surface area contributed by atoms with E-state index in [1.165, 1.54) is 11.5 Å². The predicted octanol–water partition coefficient (Wildman–Crippen LogP) is 4.95. The van der Waals surface area contributed by atoms with Gasteiger partial charge in [-0.1, -0.05) is 56.1 Å². The summed E-state index contributed by atoms with van der Waals surface area (Å²) in [5.74, 6) is 0. The molecule has 1 heterocycles. The van der Waals surface area contributed by atoms with Crippen molar-refractivity contribution in [2.24, 2.45) is 0 Å². The summed E-state index contributed by atoms with van der Waals surface area (Å²) >= 11 is 8.16. The summed E-state index contributed by atoms with van der Waals surface area (Å²) in [6.07, 6.45) is 1.71. The number of nitrogens with zero attached hydrogens (tertiary/aromatic N) is 1. The number of aromatic nitrogens is 1. The first-order valence-corrected chi connectivity index (χ1v) is 8.62. The molecule has 106 valence electrons. The molecule has 0 bridgehead atoms. The Morgan fingerprint density at radius 3 is 1.67 bits per heavy atom. The third kappa shape index (κ3) is 2.83. The summed E-state index contributed by atoms with van der Waals surface area (Å²) in [5.41, 5.74) is 0.442. The molecule has 0 saturated heterocycles. The Labute approximate surface area is 143 Å². The highest BCUT2D eigenvalue weighted by Crippen LogP contribution is 2.39. The van der Waals surface area contributed by atoms with Gasteiger partial charge in [0.1, 0.15) is 0 Å². The zero-order chi connectivity index (χ0) is 14.9. The lowest BCUT2D eigenvalue weighted by Gasteiger charge is -2.28. The summed E-state index contributed by atoms with van der Waals surface area (Å²) in [6.45, 7) is 0. The molecule has 0 aliphatic rings. The summed E-state index contributed by atoms with van der Waals surface area (Å²) < 4.78 is 6.10. The highest BCUT2D eigenvalue weighted by molar-refractivity contribution is 9.10. The van der Waals surface area contributed by atoms with E-state index in [1.54, 1.807) is 6.20 Å². The molecule has 3 aromatic rings. The molecule has 0 saturated carbocycles. The normalized spacial score (nSPS) is 11.6. The van der Waals surface area contributed by atoms with E-state index in [0.717, 1.165) is 24.9 Å². The largest absolute Gasteiger partial charge is 0.375 e. The first-order chi connectivity index (χ1) is 10.1. The maximum atomic E-state index is 11.4. The molecule has 0 fully saturated rings. The van der Waals surface area contributed by atoms with Crippen molar-refractivity contribution in [3.05, 3.63) is 85.7 Å². The second-order valence-electron chi connectivity index (χ2n) is 4.60. The highest BCUT2D eigenvalue weighted by atomic mass is 79.9. The molecule has 0 atom stereocenters. The molecule has 0 unspecified atom stereocenters. The molecule has 0 aliphatic heterocycles. The Balaban J connectivity index is 2.20. The summed E-state index contributed by atoms with van der Waals surface area (Å²) in [7, 11) is 0. The number of benzene rings is 2. The van der Waals surface area contributed by atoms with Crippen LogP contribution in [0.4, 0.5) is 0 Å². The lowest BCUT2D eigenvalue weighted by molar-refractivity contribution is 0.129. The van der Waals surface area contributed by atoms with Gasteiger partial charge in [0.2, 0.25) is 0 Å². The smallest absolute Gasteiger partial charge is 0.151 e. The van der Waals surface area contributed by atoms with Crippen molar-refractivity contribution in [3.8, 4) is 0 Å². The van der Waals surface area contributed by atoms with Crippen molar-refractivity contribution in [2.75, 3.05) is 0 Å². The van der Waals surface area contributed by atoms with E-state index in [2.05, 4.69) is 36.2 Å². The molecule has 0 radical (unpaired) electrons. The zero-order valence-electron chi connectivity index (χ0n) is 10.8. The van der Waals surface area contributed by atoms with E-state index in [9.17, 15) is 5.11 Å². The molecule has 1 N–H and O–H groups in total. The van der Waals surface area contributed by atoms with Gasteiger partial charge in [0.15, 0.2) is 5.60 Å². The van der Waals surface area contributed by atoms with Crippen LogP contribution in [0.1, 0.15) is 16.0 Å². The van der Waals surface area contributed by atoms with Gasteiger partial charge < -0.3 is 5.11 Å². The summed E-state index contributed by atoms with van der Waals surface area (Å²) in [5, 5.41) is 11.4. The number of halogens is 2. The van der Waals surface area contributed by atoms with E-state index in [-0.39, 0.29) is 0 Å². The van der Waals surface area contributed by atoms with Crippen molar-refractivity contribution in [2.45, 2.75) is 5.60 Å². The van der Waals surface area contributed by atoms with Crippen LogP contribution in [0.2, 0.25) is 0 Å². The van der Waals surface area contributed by atoms with Crippen molar-refractivity contribution in [3.63, 3.8) is 0 Å². The van der Waals surface area contributed by atoms with Crippen LogP contribution in [0.5, 0.6) is 0 Å². The van der Waals surface area contributed by atoms with Gasteiger partial charge in [-0.15, -0.1) is 0 Å². The van der Waals surface area contributed by atoms with Gasteiger partial charge in [-0.25, -0.2) is 4.37 Å². The van der Waals surface area contributed by atoms with Crippen molar-refractivity contribution in [1.82, 2.24) is 4.37 Å². The van der Waals surface area contributed by atoms with Gasteiger partial charge in [-0.3, -0.25) is 0 Å². The second kappa shape index (κ2) is 6.01. The van der Waals surface area contributed by atoms with Gasteiger partial charge in [0, 0.05) is 15.1 Å².